The molecule has 1 N–H and O–H groups in total. The van der Waals surface area contributed by atoms with E-state index in [0.717, 1.165) is 0 Å². The van der Waals surface area contributed by atoms with E-state index < -0.39 is 12.0 Å². The van der Waals surface area contributed by atoms with Gasteiger partial charge >= 0.3 is 5.97 Å². The van der Waals surface area contributed by atoms with Gasteiger partial charge in [-0.1, -0.05) is 20.8 Å². The minimum absolute atomic E-state index is 0.286. The van der Waals surface area contributed by atoms with Crippen molar-refractivity contribution in [3.05, 3.63) is 0 Å². The molecule has 0 aromatic heterocycles. The highest BCUT2D eigenvalue weighted by atomic mass is 16.5. The van der Waals surface area contributed by atoms with Gasteiger partial charge in [-0.05, 0) is 19.3 Å². The zero-order valence-corrected chi connectivity index (χ0v) is 9.13. The molecule has 0 aliphatic rings. The van der Waals surface area contributed by atoms with Gasteiger partial charge in [0.1, 0.15) is 0 Å². The molecule has 0 aromatic rings. The molecule has 2 atom stereocenters. The Balaban J connectivity index is 4.25. The van der Waals surface area contributed by atoms with Crippen molar-refractivity contribution in [2.24, 2.45) is 11.3 Å². The topological polar surface area (TPSA) is 46.5 Å². The van der Waals surface area contributed by atoms with Crippen molar-refractivity contribution in [3.63, 3.8) is 0 Å². The van der Waals surface area contributed by atoms with Crippen LogP contribution in [0.25, 0.3) is 0 Å². The molecule has 0 aliphatic heterocycles. The van der Waals surface area contributed by atoms with Crippen LogP contribution < -0.4 is 0 Å². The lowest BCUT2D eigenvalue weighted by molar-refractivity contribution is -0.154. The molecule has 0 radical (unpaired) electrons. The Kier molecular flexibility index (Phi) is 4.40. The lowest BCUT2D eigenvalue weighted by atomic mass is 9.82. The molecule has 0 heterocycles. The van der Waals surface area contributed by atoms with Gasteiger partial charge in [0.25, 0.3) is 0 Å². The Labute approximate surface area is 80.1 Å². The molecule has 0 spiro atoms. The van der Waals surface area contributed by atoms with Crippen molar-refractivity contribution in [1.29, 1.82) is 0 Å². The largest absolute Gasteiger partial charge is 0.466 e. The third-order valence-electron chi connectivity index (χ3n) is 2.02. The van der Waals surface area contributed by atoms with Crippen LogP contribution in [0, 0.1) is 11.3 Å². The van der Waals surface area contributed by atoms with Gasteiger partial charge in [0.05, 0.1) is 18.6 Å². The molecule has 0 unspecified atom stereocenters. The van der Waals surface area contributed by atoms with E-state index in [2.05, 4.69) is 0 Å². The maximum absolute atomic E-state index is 11.2. The summed E-state index contributed by atoms with van der Waals surface area (Å²) in [5, 5.41) is 9.75. The first-order valence-corrected chi connectivity index (χ1v) is 4.65. The van der Waals surface area contributed by atoms with Gasteiger partial charge in [-0.15, -0.1) is 0 Å². The molecule has 78 valence electrons. The van der Waals surface area contributed by atoms with Gasteiger partial charge < -0.3 is 9.84 Å². The number of carbonyl (C=O) groups is 1. The second-order valence-electron chi connectivity index (χ2n) is 4.35. The number of rotatable bonds is 3. The normalized spacial score (nSPS) is 16.5. The van der Waals surface area contributed by atoms with Crippen molar-refractivity contribution in [2.45, 2.75) is 40.7 Å². The van der Waals surface area contributed by atoms with Crippen LogP contribution >= 0.6 is 0 Å². The second-order valence-corrected chi connectivity index (χ2v) is 4.35. The first-order valence-electron chi connectivity index (χ1n) is 4.65. The first kappa shape index (κ1) is 12.4. The average molecular weight is 188 g/mol. The molecule has 3 heteroatoms. The SMILES string of the molecule is CCOC(=O)[C@@H](C)[C@@H](O)C(C)(C)C. The van der Waals surface area contributed by atoms with Crippen LogP contribution in [0.3, 0.4) is 0 Å². The zero-order valence-electron chi connectivity index (χ0n) is 9.13. The predicted octanol–water partition coefficient (Wildman–Crippen LogP) is 1.59. The van der Waals surface area contributed by atoms with Gasteiger partial charge in [-0.2, -0.15) is 0 Å². The van der Waals surface area contributed by atoms with Gasteiger partial charge in [-0.3, -0.25) is 4.79 Å². The van der Waals surface area contributed by atoms with Crippen LogP contribution in [0.1, 0.15) is 34.6 Å². The highest BCUT2D eigenvalue weighted by molar-refractivity contribution is 5.72. The highest BCUT2D eigenvalue weighted by Gasteiger charge is 2.32. The van der Waals surface area contributed by atoms with Crippen LogP contribution in [0.4, 0.5) is 0 Å². The van der Waals surface area contributed by atoms with Gasteiger partial charge in [0.2, 0.25) is 0 Å². The number of esters is 1. The summed E-state index contributed by atoms with van der Waals surface area (Å²) in [5.74, 6) is -0.787. The maximum atomic E-state index is 11.2. The highest BCUT2D eigenvalue weighted by Crippen LogP contribution is 2.25. The Morgan fingerprint density at radius 2 is 1.92 bits per heavy atom. The quantitative estimate of drug-likeness (QED) is 0.684. The average Bonchev–Trinajstić information content (AvgIpc) is 2.00. The van der Waals surface area contributed by atoms with Crippen molar-refractivity contribution in [1.82, 2.24) is 0 Å². The Morgan fingerprint density at radius 1 is 1.46 bits per heavy atom. The number of aliphatic hydroxyl groups excluding tert-OH is 1. The molecular weight excluding hydrogens is 168 g/mol. The van der Waals surface area contributed by atoms with Gasteiger partial charge in [0, 0.05) is 0 Å². The number of ether oxygens (including phenoxy) is 1. The van der Waals surface area contributed by atoms with Crippen molar-refractivity contribution in [2.75, 3.05) is 6.61 Å². The fraction of sp³-hybridized carbons (Fsp3) is 0.900. The smallest absolute Gasteiger partial charge is 0.311 e. The molecule has 0 saturated heterocycles. The summed E-state index contributed by atoms with van der Waals surface area (Å²) in [6.45, 7) is 9.50. The van der Waals surface area contributed by atoms with Crippen molar-refractivity contribution in [3.8, 4) is 0 Å². The van der Waals surface area contributed by atoms with Crippen LogP contribution in [0.2, 0.25) is 0 Å². The first-order chi connectivity index (χ1) is 5.80. The van der Waals surface area contributed by atoms with Crippen molar-refractivity contribution >= 4 is 5.97 Å². The van der Waals surface area contributed by atoms with Crippen LogP contribution in [-0.4, -0.2) is 23.8 Å². The van der Waals surface area contributed by atoms with E-state index in [0.29, 0.717) is 6.61 Å². The molecule has 0 rings (SSSR count). The van der Waals surface area contributed by atoms with E-state index in [9.17, 15) is 9.90 Å². The van der Waals surface area contributed by atoms with Crippen LogP contribution in [0.5, 0.6) is 0 Å². The fourth-order valence-electron chi connectivity index (χ4n) is 1.15. The fourth-order valence-corrected chi connectivity index (χ4v) is 1.15. The molecule has 3 nitrogen and oxygen atoms in total. The number of aliphatic hydroxyl groups is 1. The predicted molar refractivity (Wildman–Crippen MR) is 51.3 cm³/mol. The Morgan fingerprint density at radius 3 is 2.23 bits per heavy atom. The molecule has 0 aliphatic carbocycles. The lowest BCUT2D eigenvalue weighted by Gasteiger charge is -2.29. The summed E-state index contributed by atoms with van der Waals surface area (Å²) in [6.07, 6.45) is -0.661. The summed E-state index contributed by atoms with van der Waals surface area (Å²) >= 11 is 0. The Hall–Kier alpha value is -0.570. The van der Waals surface area contributed by atoms with Gasteiger partial charge in [0.15, 0.2) is 0 Å². The monoisotopic (exact) mass is 188 g/mol. The zero-order chi connectivity index (χ0) is 10.6. The summed E-state index contributed by atoms with van der Waals surface area (Å²) in [6, 6.07) is 0. The van der Waals surface area contributed by atoms with Crippen molar-refractivity contribution < 1.29 is 14.6 Å². The molecular formula is C10H20O3. The number of hydrogen-bond donors (Lipinski definition) is 1. The Bertz CT molecular complexity index is 169. The minimum atomic E-state index is -0.661. The molecule has 0 aromatic carbocycles. The van der Waals surface area contributed by atoms with Crippen LogP contribution in [0.15, 0.2) is 0 Å². The summed E-state index contributed by atoms with van der Waals surface area (Å²) in [7, 11) is 0. The number of carbonyl (C=O) groups excluding carboxylic acids is 1. The second kappa shape index (κ2) is 4.61. The van der Waals surface area contributed by atoms with Gasteiger partial charge in [-0.25, -0.2) is 0 Å². The van der Waals surface area contributed by atoms with E-state index in [4.69, 9.17) is 4.74 Å². The third kappa shape index (κ3) is 3.77. The molecule has 0 bridgehead atoms. The standard InChI is InChI=1S/C10H20O3/c1-6-13-9(12)7(2)8(11)10(3,4)5/h7-8,11H,6H2,1-5H3/t7-,8+/m0/s1. The van der Waals surface area contributed by atoms with E-state index in [1.165, 1.54) is 0 Å². The van der Waals surface area contributed by atoms with E-state index in [1.54, 1.807) is 13.8 Å². The molecule has 0 amide bonds. The maximum Gasteiger partial charge on any atom is 0.311 e. The van der Waals surface area contributed by atoms with E-state index in [-0.39, 0.29) is 11.4 Å². The minimum Gasteiger partial charge on any atom is -0.466 e. The summed E-state index contributed by atoms with van der Waals surface area (Å²) < 4.78 is 4.82. The van der Waals surface area contributed by atoms with E-state index >= 15 is 0 Å². The summed E-state index contributed by atoms with van der Waals surface area (Å²) in [5.41, 5.74) is -0.286. The van der Waals surface area contributed by atoms with E-state index in [1.807, 2.05) is 20.8 Å². The molecule has 0 saturated carbocycles. The summed E-state index contributed by atoms with van der Waals surface area (Å²) in [4.78, 5) is 11.2. The molecule has 0 fully saturated rings. The number of hydrogen-bond acceptors (Lipinski definition) is 3. The third-order valence-corrected chi connectivity index (χ3v) is 2.02. The lowest BCUT2D eigenvalue weighted by Crippen LogP contribution is -2.37. The molecule has 13 heavy (non-hydrogen) atoms. The van der Waals surface area contributed by atoms with Crippen LogP contribution in [-0.2, 0) is 9.53 Å².